The van der Waals surface area contributed by atoms with Gasteiger partial charge >= 0.3 is 0 Å². The molecule has 0 amide bonds. The number of nitriles is 2. The molecule has 0 aliphatic carbocycles. The summed E-state index contributed by atoms with van der Waals surface area (Å²) in [5.74, 6) is 0. The summed E-state index contributed by atoms with van der Waals surface area (Å²) in [6.45, 7) is 0. The van der Waals surface area contributed by atoms with Gasteiger partial charge in [-0.1, -0.05) is 24.3 Å². The molecule has 94 valence electrons. The van der Waals surface area contributed by atoms with Crippen LogP contribution >= 0.6 is 0 Å². The maximum atomic E-state index is 9.51. The molecule has 2 aromatic carbocycles. The quantitative estimate of drug-likeness (QED) is 0.674. The third-order valence-electron chi connectivity index (χ3n) is 3.37. The zero-order valence-electron chi connectivity index (χ0n) is 10.8. The third kappa shape index (κ3) is 1.64. The van der Waals surface area contributed by atoms with Crippen molar-refractivity contribution in [2.24, 2.45) is 7.05 Å². The minimum Gasteiger partial charge on any atom is -0.268 e. The monoisotopic (exact) mass is 258 g/mol. The maximum Gasteiger partial charge on any atom is 0.100 e. The van der Waals surface area contributed by atoms with Gasteiger partial charge in [-0.05, 0) is 12.1 Å². The average Bonchev–Trinajstić information content (AvgIpc) is 2.91. The molecule has 1 heterocycles. The normalized spacial score (nSPS) is 10.2. The molecule has 1 aromatic heterocycles. The van der Waals surface area contributed by atoms with Gasteiger partial charge in [0.15, 0.2) is 0 Å². The Bertz CT molecular complexity index is 891. The molecule has 0 N–H and O–H groups in total. The Hall–Kier alpha value is -3.11. The van der Waals surface area contributed by atoms with Crippen LogP contribution in [0.1, 0.15) is 11.1 Å². The molecule has 20 heavy (non-hydrogen) atoms. The predicted molar refractivity (Wildman–Crippen MR) is 75.6 cm³/mol. The zero-order chi connectivity index (χ0) is 14.1. The van der Waals surface area contributed by atoms with Gasteiger partial charge in [-0.2, -0.15) is 15.6 Å². The lowest BCUT2D eigenvalue weighted by molar-refractivity contribution is 0.776. The number of hydrogen-bond donors (Lipinski definition) is 0. The van der Waals surface area contributed by atoms with Gasteiger partial charge in [0.25, 0.3) is 0 Å². The summed E-state index contributed by atoms with van der Waals surface area (Å²) in [5, 5.41) is 24.6. The van der Waals surface area contributed by atoms with Gasteiger partial charge in [-0.25, -0.2) is 0 Å². The number of fused-ring (bicyclic) bond motifs is 1. The van der Waals surface area contributed by atoms with Crippen molar-refractivity contribution < 1.29 is 0 Å². The van der Waals surface area contributed by atoms with Crippen molar-refractivity contribution >= 4 is 10.8 Å². The van der Waals surface area contributed by atoms with Crippen molar-refractivity contribution in [1.29, 1.82) is 10.5 Å². The van der Waals surface area contributed by atoms with E-state index in [1.54, 1.807) is 16.9 Å². The number of aromatic nitrogens is 2. The fraction of sp³-hybridized carbons (Fsp3) is 0.0625. The van der Waals surface area contributed by atoms with E-state index in [1.807, 2.05) is 37.4 Å². The second-order valence-electron chi connectivity index (χ2n) is 4.46. The molecule has 0 saturated carbocycles. The molecule has 0 aliphatic heterocycles. The van der Waals surface area contributed by atoms with E-state index in [2.05, 4.69) is 17.2 Å². The van der Waals surface area contributed by atoms with Crippen LogP contribution in [0.3, 0.4) is 0 Å². The van der Waals surface area contributed by atoms with Gasteiger partial charge < -0.3 is 0 Å². The Balaban J connectivity index is 2.48. The largest absolute Gasteiger partial charge is 0.268 e. The summed E-state index contributed by atoms with van der Waals surface area (Å²) >= 11 is 0. The van der Waals surface area contributed by atoms with Crippen molar-refractivity contribution in [3.63, 3.8) is 0 Å². The topological polar surface area (TPSA) is 65.4 Å². The number of rotatable bonds is 1. The van der Waals surface area contributed by atoms with Crippen molar-refractivity contribution in [3.8, 4) is 23.4 Å². The van der Waals surface area contributed by atoms with Crippen molar-refractivity contribution in [2.75, 3.05) is 0 Å². The van der Waals surface area contributed by atoms with Crippen molar-refractivity contribution in [1.82, 2.24) is 9.78 Å². The molecule has 0 radical (unpaired) electrons. The first-order chi connectivity index (χ1) is 9.76. The van der Waals surface area contributed by atoms with Crippen LogP contribution in [-0.2, 0) is 7.05 Å². The number of benzene rings is 2. The fourth-order valence-electron chi connectivity index (χ4n) is 2.43. The molecular weight excluding hydrogens is 248 g/mol. The van der Waals surface area contributed by atoms with E-state index >= 15 is 0 Å². The van der Waals surface area contributed by atoms with Gasteiger partial charge in [0.05, 0.1) is 22.9 Å². The molecule has 0 bridgehead atoms. The predicted octanol–water partition coefficient (Wildman–Crippen LogP) is 2.98. The standard InChI is InChI=1S/C16H10N4/c1-20-16(6-7-19-20)14-8-11(9-17)12-4-2-3-5-13(12)15(14)10-18/h2-8H,1H3. The van der Waals surface area contributed by atoms with E-state index in [1.165, 1.54) is 0 Å². The second-order valence-corrected chi connectivity index (χ2v) is 4.46. The van der Waals surface area contributed by atoms with Crippen LogP contribution in [0.15, 0.2) is 42.6 Å². The molecule has 3 rings (SSSR count). The summed E-state index contributed by atoms with van der Waals surface area (Å²) in [7, 11) is 1.82. The number of hydrogen-bond acceptors (Lipinski definition) is 3. The van der Waals surface area contributed by atoms with Crippen LogP contribution in [0, 0.1) is 22.7 Å². The average molecular weight is 258 g/mol. The Labute approximate surface area is 116 Å². The molecule has 3 aromatic rings. The van der Waals surface area contributed by atoms with Crippen LogP contribution in [-0.4, -0.2) is 9.78 Å². The zero-order valence-corrected chi connectivity index (χ0v) is 10.8. The highest BCUT2D eigenvalue weighted by atomic mass is 15.3. The molecule has 0 aliphatic rings. The van der Waals surface area contributed by atoms with Gasteiger partial charge in [0.2, 0.25) is 0 Å². The minimum absolute atomic E-state index is 0.566. The first-order valence-electron chi connectivity index (χ1n) is 6.10. The van der Waals surface area contributed by atoms with Gasteiger partial charge in [0, 0.05) is 29.6 Å². The highest BCUT2D eigenvalue weighted by Gasteiger charge is 2.15. The Morgan fingerprint density at radius 3 is 2.40 bits per heavy atom. The van der Waals surface area contributed by atoms with E-state index in [-0.39, 0.29) is 0 Å². The van der Waals surface area contributed by atoms with Gasteiger partial charge in [-0.3, -0.25) is 4.68 Å². The molecule has 0 unspecified atom stereocenters. The number of nitrogens with zero attached hydrogens (tertiary/aromatic N) is 4. The summed E-state index contributed by atoms with van der Waals surface area (Å²) < 4.78 is 1.70. The van der Waals surface area contributed by atoms with E-state index in [0.717, 1.165) is 22.0 Å². The Morgan fingerprint density at radius 1 is 1.05 bits per heavy atom. The summed E-state index contributed by atoms with van der Waals surface area (Å²) in [6, 6.07) is 15.5. The van der Waals surface area contributed by atoms with E-state index < -0.39 is 0 Å². The molecule has 0 saturated heterocycles. The van der Waals surface area contributed by atoms with Crippen molar-refractivity contribution in [3.05, 3.63) is 53.7 Å². The highest BCUT2D eigenvalue weighted by molar-refractivity contribution is 5.97. The van der Waals surface area contributed by atoms with Crippen molar-refractivity contribution in [2.45, 2.75) is 0 Å². The summed E-state index contributed by atoms with van der Waals surface area (Å²) in [6.07, 6.45) is 1.68. The first kappa shape index (κ1) is 12.0. The lowest BCUT2D eigenvalue weighted by atomic mass is 9.94. The smallest absolute Gasteiger partial charge is 0.100 e. The SMILES string of the molecule is Cn1nccc1-c1cc(C#N)c2ccccc2c1C#N. The molecular formula is C16H10N4. The second kappa shape index (κ2) is 4.53. The lowest BCUT2D eigenvalue weighted by Gasteiger charge is -2.09. The first-order valence-corrected chi connectivity index (χ1v) is 6.10. The van der Waals surface area contributed by atoms with Crippen LogP contribution in [0.25, 0.3) is 22.0 Å². The maximum absolute atomic E-state index is 9.51. The van der Waals surface area contributed by atoms with Gasteiger partial charge in [0.1, 0.15) is 6.07 Å². The van der Waals surface area contributed by atoms with E-state index in [4.69, 9.17) is 0 Å². The molecule has 4 heteroatoms. The molecule has 0 spiro atoms. The Kier molecular flexibility index (Phi) is 2.71. The lowest BCUT2D eigenvalue weighted by Crippen LogP contribution is -1.97. The fourth-order valence-corrected chi connectivity index (χ4v) is 2.43. The minimum atomic E-state index is 0.566. The van der Waals surface area contributed by atoms with Crippen LogP contribution in [0.5, 0.6) is 0 Å². The third-order valence-corrected chi connectivity index (χ3v) is 3.37. The molecule has 0 atom stereocenters. The molecule has 4 nitrogen and oxygen atoms in total. The Morgan fingerprint density at radius 2 is 1.80 bits per heavy atom. The highest BCUT2D eigenvalue weighted by Crippen LogP contribution is 2.31. The van der Waals surface area contributed by atoms with E-state index in [9.17, 15) is 10.5 Å². The van der Waals surface area contributed by atoms with Gasteiger partial charge in [-0.15, -0.1) is 0 Å². The summed E-state index contributed by atoms with van der Waals surface area (Å²) in [4.78, 5) is 0. The van der Waals surface area contributed by atoms with Crippen LogP contribution < -0.4 is 0 Å². The number of aryl methyl sites for hydroxylation is 1. The van der Waals surface area contributed by atoms with E-state index in [0.29, 0.717) is 11.1 Å². The van der Waals surface area contributed by atoms with Crippen LogP contribution in [0.2, 0.25) is 0 Å². The van der Waals surface area contributed by atoms with Crippen LogP contribution in [0.4, 0.5) is 0 Å². The summed E-state index contributed by atoms with van der Waals surface area (Å²) in [5.41, 5.74) is 2.70. The molecule has 0 fully saturated rings.